The molecule has 0 aliphatic carbocycles. The topological polar surface area (TPSA) is 94.1 Å². The molecule has 0 aromatic rings. The summed E-state index contributed by atoms with van der Waals surface area (Å²) in [6, 6.07) is 0. The van der Waals surface area contributed by atoms with Crippen molar-refractivity contribution in [3.05, 3.63) is 0 Å². The normalized spacial score (nSPS) is 21.7. The van der Waals surface area contributed by atoms with Crippen LogP contribution in [0.3, 0.4) is 0 Å². The number of sulfonamides is 1. The molecule has 0 unspecified atom stereocenters. The zero-order chi connectivity index (χ0) is 19.2. The van der Waals surface area contributed by atoms with Crippen LogP contribution in [0.4, 0.5) is 0 Å². The second-order valence-corrected chi connectivity index (χ2v) is 9.32. The van der Waals surface area contributed by atoms with Gasteiger partial charge in [0.25, 0.3) is 0 Å². The molecule has 2 N–H and O–H groups in total. The van der Waals surface area contributed by atoms with E-state index in [1.165, 1.54) is 6.26 Å². The predicted octanol–water partition coefficient (Wildman–Crippen LogP) is 0.0815. The number of nitrogens with zero attached hydrogens (tertiary/aromatic N) is 3. The fourth-order valence-corrected chi connectivity index (χ4v) is 4.60. The van der Waals surface area contributed by atoms with Crippen molar-refractivity contribution in [3.63, 3.8) is 0 Å². The number of likely N-dealkylation sites (tertiary alicyclic amines) is 1. The van der Waals surface area contributed by atoms with Gasteiger partial charge in [-0.15, -0.1) is 0 Å². The zero-order valence-electron chi connectivity index (χ0n) is 16.2. The van der Waals surface area contributed by atoms with Gasteiger partial charge in [0.15, 0.2) is 5.96 Å². The fraction of sp³-hybridized carbons (Fsp3) is 0.882. The van der Waals surface area contributed by atoms with Gasteiger partial charge >= 0.3 is 0 Å². The van der Waals surface area contributed by atoms with Crippen LogP contribution in [0.2, 0.25) is 0 Å². The molecule has 8 nitrogen and oxygen atoms in total. The molecular weight excluding hydrogens is 354 g/mol. The van der Waals surface area contributed by atoms with Crippen molar-refractivity contribution in [3.8, 4) is 0 Å². The van der Waals surface area contributed by atoms with Crippen molar-refractivity contribution in [1.29, 1.82) is 0 Å². The lowest BCUT2D eigenvalue weighted by atomic mass is 9.93. The van der Waals surface area contributed by atoms with E-state index in [-0.39, 0.29) is 5.91 Å². The van der Waals surface area contributed by atoms with Crippen molar-refractivity contribution in [1.82, 2.24) is 19.8 Å². The molecule has 2 aliphatic rings. The van der Waals surface area contributed by atoms with E-state index in [9.17, 15) is 13.2 Å². The number of carbonyl (C=O) groups is 1. The SMILES string of the molecule is CN=C(NCC1CCN(S(C)(=O)=O)CC1)N1CCC(CC(=O)NC)CC1. The van der Waals surface area contributed by atoms with Crippen molar-refractivity contribution < 1.29 is 13.2 Å². The second kappa shape index (κ2) is 9.55. The Morgan fingerprint density at radius 2 is 1.65 bits per heavy atom. The van der Waals surface area contributed by atoms with Gasteiger partial charge in [0.2, 0.25) is 15.9 Å². The molecule has 2 rings (SSSR count). The van der Waals surface area contributed by atoms with Crippen molar-refractivity contribution in [2.24, 2.45) is 16.8 Å². The molecule has 2 aliphatic heterocycles. The van der Waals surface area contributed by atoms with Gasteiger partial charge in [0.05, 0.1) is 6.26 Å². The van der Waals surface area contributed by atoms with Crippen LogP contribution in [0.25, 0.3) is 0 Å². The smallest absolute Gasteiger partial charge is 0.220 e. The van der Waals surface area contributed by atoms with Crippen LogP contribution in [0, 0.1) is 11.8 Å². The maximum atomic E-state index is 11.6. The lowest BCUT2D eigenvalue weighted by Crippen LogP contribution is -2.48. The summed E-state index contributed by atoms with van der Waals surface area (Å²) in [5.41, 5.74) is 0. The summed E-state index contributed by atoms with van der Waals surface area (Å²) < 4.78 is 24.7. The summed E-state index contributed by atoms with van der Waals surface area (Å²) in [7, 11) is 0.415. The van der Waals surface area contributed by atoms with Crippen molar-refractivity contribution in [2.45, 2.75) is 32.1 Å². The van der Waals surface area contributed by atoms with E-state index in [0.29, 0.717) is 31.3 Å². The molecule has 1 amide bonds. The molecule has 26 heavy (non-hydrogen) atoms. The third-order valence-corrected chi connectivity index (χ3v) is 6.77. The molecule has 2 fully saturated rings. The molecule has 0 aromatic carbocycles. The maximum Gasteiger partial charge on any atom is 0.220 e. The highest BCUT2D eigenvalue weighted by Crippen LogP contribution is 2.21. The Morgan fingerprint density at radius 3 is 2.15 bits per heavy atom. The highest BCUT2D eigenvalue weighted by Gasteiger charge is 2.26. The lowest BCUT2D eigenvalue weighted by molar-refractivity contribution is -0.121. The Labute approximate surface area is 157 Å². The number of rotatable bonds is 5. The summed E-state index contributed by atoms with van der Waals surface area (Å²) >= 11 is 0. The molecule has 9 heteroatoms. The molecule has 150 valence electrons. The summed E-state index contributed by atoms with van der Waals surface area (Å²) in [5, 5.41) is 6.15. The predicted molar refractivity (Wildman–Crippen MR) is 103 cm³/mol. The molecule has 0 aromatic heterocycles. The fourth-order valence-electron chi connectivity index (χ4n) is 3.73. The molecule has 2 heterocycles. The molecule has 0 radical (unpaired) electrons. The standard InChI is InChI=1S/C17H33N5O3S/c1-18-16(23)12-14-4-8-21(9-5-14)17(19-2)20-13-15-6-10-22(11-7-15)26(3,24)25/h14-15H,4-13H2,1-3H3,(H,18,23)(H,19,20). The summed E-state index contributed by atoms with van der Waals surface area (Å²) in [5.74, 6) is 1.94. The molecule has 0 atom stereocenters. The van der Waals surface area contributed by atoms with E-state index in [1.54, 1.807) is 18.4 Å². The van der Waals surface area contributed by atoms with Gasteiger partial charge in [-0.25, -0.2) is 12.7 Å². The van der Waals surface area contributed by atoms with Crippen LogP contribution in [-0.4, -0.2) is 82.6 Å². The quantitative estimate of drug-likeness (QED) is 0.515. The number of hydrogen-bond donors (Lipinski definition) is 2. The van der Waals surface area contributed by atoms with Gasteiger partial charge in [-0.1, -0.05) is 0 Å². The Morgan fingerprint density at radius 1 is 1.08 bits per heavy atom. The van der Waals surface area contributed by atoms with E-state index in [4.69, 9.17) is 0 Å². The lowest BCUT2D eigenvalue weighted by Gasteiger charge is -2.35. The van der Waals surface area contributed by atoms with Crippen LogP contribution >= 0.6 is 0 Å². The molecule has 0 spiro atoms. The van der Waals surface area contributed by atoms with E-state index in [0.717, 1.165) is 51.3 Å². The van der Waals surface area contributed by atoms with Gasteiger partial charge in [0.1, 0.15) is 0 Å². The summed E-state index contributed by atoms with van der Waals surface area (Å²) in [6.07, 6.45) is 5.65. The highest BCUT2D eigenvalue weighted by molar-refractivity contribution is 7.88. The number of nitrogens with one attached hydrogen (secondary N) is 2. The van der Waals surface area contributed by atoms with E-state index < -0.39 is 10.0 Å². The second-order valence-electron chi connectivity index (χ2n) is 7.34. The first-order valence-corrected chi connectivity index (χ1v) is 11.3. The van der Waals surface area contributed by atoms with Gasteiger partial charge in [0, 0.05) is 53.2 Å². The van der Waals surface area contributed by atoms with Gasteiger partial charge in [-0.05, 0) is 37.5 Å². The minimum Gasteiger partial charge on any atom is -0.359 e. The van der Waals surface area contributed by atoms with Crippen molar-refractivity contribution in [2.75, 3.05) is 53.1 Å². The first kappa shape index (κ1) is 21.0. The summed E-state index contributed by atoms with van der Waals surface area (Å²) in [4.78, 5) is 18.2. The maximum absolute atomic E-state index is 11.6. The minimum absolute atomic E-state index is 0.117. The Bertz CT molecular complexity index is 592. The van der Waals surface area contributed by atoms with Crippen LogP contribution in [-0.2, 0) is 14.8 Å². The number of carbonyl (C=O) groups excluding carboxylic acids is 1. The summed E-state index contributed by atoms with van der Waals surface area (Å²) in [6.45, 7) is 3.85. The van der Waals surface area contributed by atoms with Crippen molar-refractivity contribution >= 4 is 21.9 Å². The van der Waals surface area contributed by atoms with Gasteiger partial charge < -0.3 is 15.5 Å². The van der Waals surface area contributed by atoms with E-state index >= 15 is 0 Å². The van der Waals surface area contributed by atoms with Crippen LogP contribution in [0.15, 0.2) is 4.99 Å². The number of guanidine groups is 1. The molecule has 0 saturated carbocycles. The highest BCUT2D eigenvalue weighted by atomic mass is 32.2. The number of hydrogen-bond acceptors (Lipinski definition) is 4. The number of aliphatic imine (C=N–C) groups is 1. The molecule has 2 saturated heterocycles. The minimum atomic E-state index is -3.07. The van der Waals surface area contributed by atoms with Gasteiger partial charge in [-0.2, -0.15) is 0 Å². The Balaban J connectivity index is 1.73. The van der Waals surface area contributed by atoms with Crippen LogP contribution < -0.4 is 10.6 Å². The van der Waals surface area contributed by atoms with E-state index in [1.807, 2.05) is 0 Å². The van der Waals surface area contributed by atoms with Gasteiger partial charge in [-0.3, -0.25) is 9.79 Å². The van der Waals surface area contributed by atoms with Crippen LogP contribution in [0.1, 0.15) is 32.1 Å². The number of piperidine rings is 2. The number of amides is 1. The third kappa shape index (κ3) is 6.12. The largest absolute Gasteiger partial charge is 0.359 e. The third-order valence-electron chi connectivity index (χ3n) is 5.47. The first-order chi connectivity index (χ1) is 12.3. The average molecular weight is 388 g/mol. The Hall–Kier alpha value is -1.35. The molecular formula is C17H33N5O3S. The average Bonchev–Trinajstić information content (AvgIpc) is 2.63. The van der Waals surface area contributed by atoms with E-state index in [2.05, 4.69) is 20.5 Å². The zero-order valence-corrected chi connectivity index (χ0v) is 17.0. The molecule has 0 bridgehead atoms. The van der Waals surface area contributed by atoms with Crippen LogP contribution in [0.5, 0.6) is 0 Å². The Kier molecular flexibility index (Phi) is 7.69. The first-order valence-electron chi connectivity index (χ1n) is 9.44. The monoisotopic (exact) mass is 387 g/mol.